The van der Waals surface area contributed by atoms with Gasteiger partial charge in [0.15, 0.2) is 0 Å². The van der Waals surface area contributed by atoms with Crippen molar-refractivity contribution in [3.63, 3.8) is 0 Å². The summed E-state index contributed by atoms with van der Waals surface area (Å²) < 4.78 is 0. The first kappa shape index (κ1) is 12.9. The SMILES string of the molecule is CCC(O)(CC)CNOC(C)(C)C. The summed E-state index contributed by atoms with van der Waals surface area (Å²) in [5, 5.41) is 9.88. The standard InChI is InChI=1S/C10H23NO2/c1-6-10(12,7-2)8-11-13-9(3,4)5/h11-12H,6-8H2,1-5H3. The lowest BCUT2D eigenvalue weighted by molar-refractivity contribution is -0.102. The molecule has 0 spiro atoms. The summed E-state index contributed by atoms with van der Waals surface area (Å²) in [6, 6.07) is 0. The molecule has 3 nitrogen and oxygen atoms in total. The van der Waals surface area contributed by atoms with Crippen LogP contribution in [0.2, 0.25) is 0 Å². The molecule has 3 heteroatoms. The highest BCUT2D eigenvalue weighted by atomic mass is 16.7. The monoisotopic (exact) mass is 189 g/mol. The van der Waals surface area contributed by atoms with Gasteiger partial charge in [0.25, 0.3) is 0 Å². The number of hydrogen-bond donors (Lipinski definition) is 2. The Bertz CT molecular complexity index is 136. The molecular weight excluding hydrogens is 166 g/mol. The molecule has 0 fully saturated rings. The van der Waals surface area contributed by atoms with Crippen molar-refractivity contribution in [1.82, 2.24) is 5.48 Å². The van der Waals surface area contributed by atoms with E-state index in [0.717, 1.165) is 12.8 Å². The second-order valence-electron chi connectivity index (χ2n) is 4.47. The fourth-order valence-electron chi connectivity index (χ4n) is 0.887. The van der Waals surface area contributed by atoms with E-state index in [1.54, 1.807) is 0 Å². The van der Waals surface area contributed by atoms with Crippen LogP contribution >= 0.6 is 0 Å². The van der Waals surface area contributed by atoms with Gasteiger partial charge in [-0.15, -0.1) is 0 Å². The molecule has 0 unspecified atom stereocenters. The van der Waals surface area contributed by atoms with Crippen LogP contribution in [0.4, 0.5) is 0 Å². The van der Waals surface area contributed by atoms with Crippen molar-refractivity contribution >= 4 is 0 Å². The van der Waals surface area contributed by atoms with E-state index >= 15 is 0 Å². The second-order valence-corrected chi connectivity index (χ2v) is 4.47. The molecule has 2 N–H and O–H groups in total. The van der Waals surface area contributed by atoms with Gasteiger partial charge < -0.3 is 5.11 Å². The van der Waals surface area contributed by atoms with E-state index in [2.05, 4.69) is 5.48 Å². The summed E-state index contributed by atoms with van der Waals surface area (Å²) in [6.45, 7) is 10.3. The predicted molar refractivity (Wildman–Crippen MR) is 54.4 cm³/mol. The third-order valence-corrected chi connectivity index (χ3v) is 2.10. The van der Waals surface area contributed by atoms with Gasteiger partial charge in [-0.3, -0.25) is 4.84 Å². The zero-order valence-electron chi connectivity index (χ0n) is 9.48. The van der Waals surface area contributed by atoms with E-state index in [9.17, 15) is 5.11 Å². The van der Waals surface area contributed by atoms with Crippen LogP contribution in [0.1, 0.15) is 47.5 Å². The van der Waals surface area contributed by atoms with Gasteiger partial charge in [0, 0.05) is 6.54 Å². The summed E-state index contributed by atoms with van der Waals surface area (Å²) in [6.07, 6.45) is 1.48. The van der Waals surface area contributed by atoms with Crippen molar-refractivity contribution < 1.29 is 9.94 Å². The van der Waals surface area contributed by atoms with E-state index in [1.807, 2.05) is 34.6 Å². The maximum absolute atomic E-state index is 9.88. The molecule has 0 aromatic carbocycles. The quantitative estimate of drug-likeness (QED) is 0.649. The van der Waals surface area contributed by atoms with Crippen molar-refractivity contribution in [2.24, 2.45) is 0 Å². The molecule has 0 aromatic rings. The molecule has 0 radical (unpaired) electrons. The van der Waals surface area contributed by atoms with Crippen molar-refractivity contribution in [2.45, 2.75) is 58.7 Å². The molecule has 0 aromatic heterocycles. The fourth-order valence-corrected chi connectivity index (χ4v) is 0.887. The highest BCUT2D eigenvalue weighted by molar-refractivity contribution is 4.76. The first-order valence-electron chi connectivity index (χ1n) is 4.96. The molecule has 0 amide bonds. The summed E-state index contributed by atoms with van der Waals surface area (Å²) in [4.78, 5) is 5.32. The normalized spacial score (nSPS) is 13.4. The van der Waals surface area contributed by atoms with E-state index in [1.165, 1.54) is 0 Å². The van der Waals surface area contributed by atoms with Gasteiger partial charge in [-0.2, -0.15) is 5.48 Å². The van der Waals surface area contributed by atoms with Gasteiger partial charge in [-0.1, -0.05) is 13.8 Å². The Kier molecular flexibility index (Phi) is 4.89. The largest absolute Gasteiger partial charge is 0.388 e. The Balaban J connectivity index is 3.74. The molecule has 0 atom stereocenters. The molecule has 0 rings (SSSR count). The minimum absolute atomic E-state index is 0.206. The Hall–Kier alpha value is -0.120. The fraction of sp³-hybridized carbons (Fsp3) is 1.00. The van der Waals surface area contributed by atoms with Gasteiger partial charge in [0.05, 0.1) is 11.2 Å². The van der Waals surface area contributed by atoms with Gasteiger partial charge in [-0.05, 0) is 33.6 Å². The summed E-state index contributed by atoms with van der Waals surface area (Å²) in [7, 11) is 0. The smallest absolute Gasteiger partial charge is 0.0812 e. The number of hydrogen-bond acceptors (Lipinski definition) is 3. The lowest BCUT2D eigenvalue weighted by Gasteiger charge is -2.28. The average molecular weight is 189 g/mol. The molecular formula is C10H23NO2. The van der Waals surface area contributed by atoms with Crippen LogP contribution in [0, 0.1) is 0 Å². The molecule has 0 aliphatic heterocycles. The number of aliphatic hydroxyl groups is 1. The highest BCUT2D eigenvalue weighted by Gasteiger charge is 2.22. The van der Waals surface area contributed by atoms with Crippen LogP contribution in [0.5, 0.6) is 0 Å². The summed E-state index contributed by atoms with van der Waals surface area (Å²) in [5.74, 6) is 0. The topological polar surface area (TPSA) is 41.5 Å². The van der Waals surface area contributed by atoms with Crippen molar-refractivity contribution in [3.05, 3.63) is 0 Å². The van der Waals surface area contributed by atoms with Gasteiger partial charge >= 0.3 is 0 Å². The van der Waals surface area contributed by atoms with Gasteiger partial charge in [0.2, 0.25) is 0 Å². The predicted octanol–water partition coefficient (Wildman–Crippen LogP) is 1.86. The molecule has 0 heterocycles. The van der Waals surface area contributed by atoms with Crippen LogP contribution < -0.4 is 5.48 Å². The van der Waals surface area contributed by atoms with Gasteiger partial charge in [-0.25, -0.2) is 0 Å². The van der Waals surface area contributed by atoms with E-state index in [4.69, 9.17) is 4.84 Å². The third-order valence-electron chi connectivity index (χ3n) is 2.10. The molecule has 0 saturated carbocycles. The molecule has 13 heavy (non-hydrogen) atoms. The minimum Gasteiger partial charge on any atom is -0.388 e. The first-order valence-corrected chi connectivity index (χ1v) is 4.96. The Morgan fingerprint density at radius 1 is 1.15 bits per heavy atom. The minimum atomic E-state index is -0.634. The zero-order valence-corrected chi connectivity index (χ0v) is 9.48. The van der Waals surface area contributed by atoms with E-state index in [0.29, 0.717) is 6.54 Å². The highest BCUT2D eigenvalue weighted by Crippen LogP contribution is 2.13. The Morgan fingerprint density at radius 2 is 1.62 bits per heavy atom. The van der Waals surface area contributed by atoms with Crippen LogP contribution in [0.3, 0.4) is 0 Å². The van der Waals surface area contributed by atoms with Crippen LogP contribution in [0.15, 0.2) is 0 Å². The van der Waals surface area contributed by atoms with Crippen LogP contribution in [-0.2, 0) is 4.84 Å². The average Bonchev–Trinajstić information content (AvgIpc) is 2.02. The second kappa shape index (κ2) is 4.94. The van der Waals surface area contributed by atoms with Crippen molar-refractivity contribution in [1.29, 1.82) is 0 Å². The third kappa shape index (κ3) is 6.02. The lowest BCUT2D eigenvalue weighted by Crippen LogP contribution is -2.42. The van der Waals surface area contributed by atoms with Crippen molar-refractivity contribution in [3.8, 4) is 0 Å². The summed E-state index contributed by atoms with van der Waals surface area (Å²) in [5.41, 5.74) is 1.98. The Labute approximate surface area is 81.4 Å². The Morgan fingerprint density at radius 3 is 1.92 bits per heavy atom. The lowest BCUT2D eigenvalue weighted by atomic mass is 9.98. The molecule has 0 aliphatic rings. The van der Waals surface area contributed by atoms with E-state index < -0.39 is 5.60 Å². The van der Waals surface area contributed by atoms with E-state index in [-0.39, 0.29) is 5.60 Å². The molecule has 0 saturated heterocycles. The zero-order chi connectivity index (χ0) is 10.5. The maximum atomic E-state index is 9.88. The molecule has 0 bridgehead atoms. The number of nitrogens with one attached hydrogen (secondary N) is 1. The molecule has 80 valence electrons. The van der Waals surface area contributed by atoms with Gasteiger partial charge in [0.1, 0.15) is 0 Å². The number of hydroxylamine groups is 1. The maximum Gasteiger partial charge on any atom is 0.0812 e. The molecule has 0 aliphatic carbocycles. The van der Waals surface area contributed by atoms with Crippen molar-refractivity contribution in [2.75, 3.05) is 6.54 Å². The van der Waals surface area contributed by atoms with Crippen LogP contribution in [-0.4, -0.2) is 22.9 Å². The van der Waals surface area contributed by atoms with Crippen LogP contribution in [0.25, 0.3) is 0 Å². The summed E-state index contributed by atoms with van der Waals surface area (Å²) >= 11 is 0. The number of rotatable bonds is 5. The first-order chi connectivity index (χ1) is 5.83.